The van der Waals surface area contributed by atoms with Crippen LogP contribution in [0.4, 0.5) is 10.3 Å². The molecule has 19 heavy (non-hydrogen) atoms. The van der Waals surface area contributed by atoms with Crippen molar-refractivity contribution >= 4 is 40.3 Å². The van der Waals surface area contributed by atoms with Gasteiger partial charge >= 0.3 is 0 Å². The van der Waals surface area contributed by atoms with Crippen LogP contribution in [-0.4, -0.2) is 21.1 Å². The highest BCUT2D eigenvalue weighted by Crippen LogP contribution is 2.39. The number of hydrogen-bond donors (Lipinski definition) is 1. The van der Waals surface area contributed by atoms with Gasteiger partial charge in [0.05, 0.1) is 16.1 Å². The summed E-state index contributed by atoms with van der Waals surface area (Å²) < 4.78 is 15.6. The van der Waals surface area contributed by atoms with E-state index in [-0.39, 0.29) is 5.02 Å². The fourth-order valence-electron chi connectivity index (χ4n) is 2.86. The number of imidazole rings is 1. The zero-order valence-corrected chi connectivity index (χ0v) is 12.1. The normalized spacial score (nSPS) is 23.3. The number of hydrogen-bond acceptors (Lipinski definition) is 3. The van der Waals surface area contributed by atoms with E-state index >= 15 is 0 Å². The van der Waals surface area contributed by atoms with Crippen LogP contribution in [0.5, 0.6) is 0 Å². The minimum Gasteiger partial charge on any atom is -0.369 e. The standard InChI is InChI=1S/C13H15ClFN3S/c1-19-8-3-2-7(4-8)18-12-6-10(15)9(14)5-11(12)17-13(18)16/h5-8H,2-4H2,1H3,(H2,16,17). The summed E-state index contributed by atoms with van der Waals surface area (Å²) in [5.74, 6) is 0.0261. The Morgan fingerprint density at radius 1 is 1.47 bits per heavy atom. The number of benzene rings is 1. The molecular weight excluding hydrogens is 285 g/mol. The summed E-state index contributed by atoms with van der Waals surface area (Å²) in [7, 11) is 0. The van der Waals surface area contributed by atoms with Gasteiger partial charge in [-0.15, -0.1) is 0 Å². The van der Waals surface area contributed by atoms with E-state index < -0.39 is 5.82 Å². The van der Waals surface area contributed by atoms with Crippen LogP contribution in [0.15, 0.2) is 12.1 Å². The van der Waals surface area contributed by atoms with Crippen molar-refractivity contribution in [3.05, 3.63) is 23.0 Å². The summed E-state index contributed by atoms with van der Waals surface area (Å²) in [5.41, 5.74) is 7.40. The predicted molar refractivity (Wildman–Crippen MR) is 79.3 cm³/mol. The predicted octanol–water partition coefficient (Wildman–Crippen LogP) is 3.87. The number of rotatable bonds is 2. The van der Waals surface area contributed by atoms with Gasteiger partial charge in [0.2, 0.25) is 5.95 Å². The van der Waals surface area contributed by atoms with Crippen molar-refractivity contribution in [2.75, 3.05) is 12.0 Å². The van der Waals surface area contributed by atoms with Gasteiger partial charge in [-0.2, -0.15) is 11.8 Å². The lowest BCUT2D eigenvalue weighted by Crippen LogP contribution is -2.09. The number of nitrogens with zero attached hydrogens (tertiary/aromatic N) is 2. The Labute approximate surface area is 120 Å². The Bertz CT molecular complexity index is 628. The maximum absolute atomic E-state index is 13.6. The minimum atomic E-state index is -0.422. The number of halogens is 2. The van der Waals surface area contributed by atoms with E-state index in [1.807, 2.05) is 16.3 Å². The molecule has 2 aromatic rings. The molecule has 1 aromatic heterocycles. The summed E-state index contributed by atoms with van der Waals surface area (Å²) in [4.78, 5) is 4.29. The lowest BCUT2D eigenvalue weighted by Gasteiger charge is -2.15. The first-order valence-electron chi connectivity index (χ1n) is 6.25. The van der Waals surface area contributed by atoms with Gasteiger partial charge in [0.15, 0.2) is 0 Å². The number of nitrogen functional groups attached to an aromatic ring is 1. The van der Waals surface area contributed by atoms with Gasteiger partial charge in [0, 0.05) is 17.4 Å². The monoisotopic (exact) mass is 299 g/mol. The molecule has 3 rings (SSSR count). The number of nitrogens with two attached hydrogens (primary N) is 1. The molecule has 6 heteroatoms. The van der Waals surface area contributed by atoms with E-state index in [0.717, 1.165) is 18.4 Å². The smallest absolute Gasteiger partial charge is 0.201 e. The van der Waals surface area contributed by atoms with Crippen LogP contribution in [0.3, 0.4) is 0 Å². The molecule has 1 aliphatic carbocycles. The molecule has 0 saturated heterocycles. The molecule has 1 aliphatic rings. The van der Waals surface area contributed by atoms with E-state index in [1.54, 1.807) is 6.07 Å². The molecule has 3 nitrogen and oxygen atoms in total. The third-order valence-corrected chi connectivity index (χ3v) is 5.20. The SMILES string of the molecule is CSC1CCC(n2c(N)nc3cc(Cl)c(F)cc32)C1. The molecule has 102 valence electrons. The topological polar surface area (TPSA) is 43.8 Å². The Morgan fingerprint density at radius 3 is 2.95 bits per heavy atom. The van der Waals surface area contributed by atoms with Gasteiger partial charge in [-0.25, -0.2) is 9.37 Å². The molecule has 0 radical (unpaired) electrons. The van der Waals surface area contributed by atoms with Crippen molar-refractivity contribution in [1.82, 2.24) is 9.55 Å². The Morgan fingerprint density at radius 2 is 2.26 bits per heavy atom. The van der Waals surface area contributed by atoms with Gasteiger partial charge in [-0.05, 0) is 31.6 Å². The third-order valence-electron chi connectivity index (χ3n) is 3.81. The van der Waals surface area contributed by atoms with Crippen LogP contribution in [0.1, 0.15) is 25.3 Å². The largest absolute Gasteiger partial charge is 0.369 e. The van der Waals surface area contributed by atoms with Crippen LogP contribution in [0.2, 0.25) is 5.02 Å². The molecule has 0 amide bonds. The van der Waals surface area contributed by atoms with Gasteiger partial charge in [0.25, 0.3) is 0 Å². The lowest BCUT2D eigenvalue weighted by molar-refractivity contribution is 0.539. The third kappa shape index (κ3) is 2.19. The number of anilines is 1. The van der Waals surface area contributed by atoms with Crippen molar-refractivity contribution in [2.24, 2.45) is 0 Å². The molecular formula is C13H15ClFN3S. The fourth-order valence-corrected chi connectivity index (χ4v) is 3.80. The molecule has 2 N–H and O–H groups in total. The summed E-state index contributed by atoms with van der Waals surface area (Å²) in [6, 6.07) is 3.29. The summed E-state index contributed by atoms with van der Waals surface area (Å²) in [5, 5.41) is 0.740. The molecule has 2 atom stereocenters. The molecule has 1 heterocycles. The van der Waals surface area contributed by atoms with E-state index in [2.05, 4.69) is 11.2 Å². The lowest BCUT2D eigenvalue weighted by atomic mass is 10.2. The van der Waals surface area contributed by atoms with E-state index in [1.165, 1.54) is 12.5 Å². The van der Waals surface area contributed by atoms with Crippen molar-refractivity contribution in [3.63, 3.8) is 0 Å². The van der Waals surface area contributed by atoms with Gasteiger partial charge in [0.1, 0.15) is 5.82 Å². The molecule has 1 fully saturated rings. The minimum absolute atomic E-state index is 0.0885. The highest BCUT2D eigenvalue weighted by atomic mass is 35.5. The second-order valence-electron chi connectivity index (χ2n) is 4.92. The second-order valence-corrected chi connectivity index (χ2v) is 6.46. The van der Waals surface area contributed by atoms with Gasteiger partial charge in [-0.3, -0.25) is 0 Å². The second kappa shape index (κ2) is 4.87. The van der Waals surface area contributed by atoms with Crippen LogP contribution in [0.25, 0.3) is 11.0 Å². The van der Waals surface area contributed by atoms with E-state index in [4.69, 9.17) is 17.3 Å². The van der Waals surface area contributed by atoms with Crippen molar-refractivity contribution in [2.45, 2.75) is 30.6 Å². The molecule has 0 bridgehead atoms. The van der Waals surface area contributed by atoms with E-state index in [9.17, 15) is 4.39 Å². The number of thioether (sulfide) groups is 1. The van der Waals surface area contributed by atoms with Crippen molar-refractivity contribution in [3.8, 4) is 0 Å². The number of aromatic nitrogens is 2. The zero-order valence-electron chi connectivity index (χ0n) is 10.6. The molecule has 2 unspecified atom stereocenters. The summed E-state index contributed by atoms with van der Waals surface area (Å²) in [6.07, 6.45) is 5.41. The fraction of sp³-hybridized carbons (Fsp3) is 0.462. The van der Waals surface area contributed by atoms with Crippen LogP contribution < -0.4 is 5.73 Å². The molecule has 1 saturated carbocycles. The zero-order chi connectivity index (χ0) is 13.6. The highest BCUT2D eigenvalue weighted by molar-refractivity contribution is 7.99. The van der Waals surface area contributed by atoms with Crippen molar-refractivity contribution in [1.29, 1.82) is 0 Å². The molecule has 0 spiro atoms. The first-order valence-corrected chi connectivity index (χ1v) is 7.92. The Hall–Kier alpha value is -0.940. The average molecular weight is 300 g/mol. The van der Waals surface area contributed by atoms with Crippen LogP contribution >= 0.6 is 23.4 Å². The maximum atomic E-state index is 13.6. The summed E-state index contributed by atoms with van der Waals surface area (Å²) >= 11 is 7.67. The number of fused-ring (bicyclic) bond motifs is 1. The molecule has 0 aliphatic heterocycles. The summed E-state index contributed by atoms with van der Waals surface area (Å²) in [6.45, 7) is 0. The Balaban J connectivity index is 2.08. The first kappa shape index (κ1) is 13.1. The molecule has 1 aromatic carbocycles. The van der Waals surface area contributed by atoms with E-state index in [0.29, 0.717) is 22.8 Å². The average Bonchev–Trinajstić information content (AvgIpc) is 2.94. The highest BCUT2D eigenvalue weighted by Gasteiger charge is 2.28. The quantitative estimate of drug-likeness (QED) is 0.915. The van der Waals surface area contributed by atoms with Gasteiger partial charge < -0.3 is 10.3 Å². The maximum Gasteiger partial charge on any atom is 0.201 e. The first-order chi connectivity index (χ1) is 9.10. The Kier molecular flexibility index (Phi) is 3.35. The van der Waals surface area contributed by atoms with Gasteiger partial charge in [-0.1, -0.05) is 11.6 Å². The van der Waals surface area contributed by atoms with Crippen molar-refractivity contribution < 1.29 is 4.39 Å². The van der Waals surface area contributed by atoms with Crippen LogP contribution in [0, 0.1) is 5.82 Å². The van der Waals surface area contributed by atoms with Crippen LogP contribution in [-0.2, 0) is 0 Å².